The van der Waals surface area contributed by atoms with Crippen molar-refractivity contribution >= 4 is 65.9 Å². The van der Waals surface area contributed by atoms with E-state index in [1.807, 2.05) is 24.3 Å². The summed E-state index contributed by atoms with van der Waals surface area (Å²) in [6.07, 6.45) is 0. The first-order chi connectivity index (χ1) is 8.97. The number of aliphatic imine (C=N–C) groups is 1. The van der Waals surface area contributed by atoms with E-state index in [9.17, 15) is 5.11 Å². The van der Waals surface area contributed by atoms with Gasteiger partial charge in [0.25, 0.3) is 0 Å². The van der Waals surface area contributed by atoms with Crippen LogP contribution in [-0.4, -0.2) is 10.3 Å². The molecular formula is C13H7Br2Cl2NO. The lowest BCUT2D eigenvalue weighted by Gasteiger charge is -2.06. The zero-order chi connectivity index (χ0) is 14.0. The quantitative estimate of drug-likeness (QED) is 0.600. The third-order valence-corrected chi connectivity index (χ3v) is 3.94. The molecule has 0 radical (unpaired) electrons. The molecule has 2 aromatic rings. The van der Waals surface area contributed by atoms with Gasteiger partial charge in [-0.05, 0) is 52.3 Å². The molecule has 0 aliphatic heterocycles. The summed E-state index contributed by atoms with van der Waals surface area (Å²) < 4.78 is 1.43. The fraction of sp³-hybridized carbons (Fsp3) is 0. The monoisotopic (exact) mass is 421 g/mol. The van der Waals surface area contributed by atoms with Gasteiger partial charge < -0.3 is 5.11 Å². The molecule has 0 atom stereocenters. The van der Waals surface area contributed by atoms with Crippen LogP contribution < -0.4 is 0 Å². The Balaban J connectivity index is 2.44. The maximum atomic E-state index is 9.94. The Morgan fingerprint density at radius 2 is 1.74 bits per heavy atom. The van der Waals surface area contributed by atoms with Gasteiger partial charge in [0.15, 0.2) is 0 Å². The number of hydrogen-bond acceptors (Lipinski definition) is 2. The van der Waals surface area contributed by atoms with E-state index in [4.69, 9.17) is 23.2 Å². The van der Waals surface area contributed by atoms with Crippen molar-refractivity contribution in [2.45, 2.75) is 0 Å². The van der Waals surface area contributed by atoms with Gasteiger partial charge in [-0.1, -0.05) is 39.1 Å². The maximum Gasteiger partial charge on any atom is 0.140 e. The van der Waals surface area contributed by atoms with Gasteiger partial charge >= 0.3 is 0 Å². The van der Waals surface area contributed by atoms with Gasteiger partial charge in [0.2, 0.25) is 0 Å². The van der Waals surface area contributed by atoms with Crippen LogP contribution in [0.5, 0.6) is 5.75 Å². The summed E-state index contributed by atoms with van der Waals surface area (Å²) >= 11 is 18.6. The number of nitrogens with zero attached hydrogens (tertiary/aromatic N) is 1. The van der Waals surface area contributed by atoms with Crippen molar-refractivity contribution in [2.24, 2.45) is 4.99 Å². The summed E-state index contributed by atoms with van der Waals surface area (Å²) in [7, 11) is 0. The summed E-state index contributed by atoms with van der Waals surface area (Å²) in [5.41, 5.74) is 1.06. The topological polar surface area (TPSA) is 32.6 Å². The molecule has 0 unspecified atom stereocenters. The molecule has 0 amide bonds. The van der Waals surface area contributed by atoms with E-state index in [0.717, 1.165) is 4.47 Å². The van der Waals surface area contributed by atoms with Gasteiger partial charge in [-0.2, -0.15) is 0 Å². The highest BCUT2D eigenvalue weighted by molar-refractivity contribution is 9.10. The molecule has 98 valence electrons. The Morgan fingerprint density at radius 3 is 2.37 bits per heavy atom. The summed E-state index contributed by atoms with van der Waals surface area (Å²) in [4.78, 5) is 4.24. The second-order valence-corrected chi connectivity index (χ2v) is 6.23. The largest absolute Gasteiger partial charge is 0.506 e. The predicted molar refractivity (Wildman–Crippen MR) is 87.0 cm³/mol. The Hall–Kier alpha value is -0.550. The molecular weight excluding hydrogens is 417 g/mol. The average Bonchev–Trinajstić information content (AvgIpc) is 2.36. The van der Waals surface area contributed by atoms with E-state index in [1.165, 1.54) is 0 Å². The number of benzene rings is 2. The lowest BCUT2D eigenvalue weighted by molar-refractivity contribution is 0.471. The number of halogens is 4. The number of aromatic hydroxyl groups is 1. The lowest BCUT2D eigenvalue weighted by atomic mass is 10.2. The van der Waals surface area contributed by atoms with E-state index in [1.54, 1.807) is 12.1 Å². The van der Waals surface area contributed by atoms with Crippen LogP contribution in [-0.2, 0) is 0 Å². The first-order valence-electron chi connectivity index (χ1n) is 5.15. The van der Waals surface area contributed by atoms with Crippen LogP contribution >= 0.6 is 55.1 Å². The van der Waals surface area contributed by atoms with Gasteiger partial charge in [-0.15, -0.1) is 0 Å². The molecule has 19 heavy (non-hydrogen) atoms. The molecule has 0 fully saturated rings. The van der Waals surface area contributed by atoms with Crippen molar-refractivity contribution in [3.05, 3.63) is 55.9 Å². The maximum absolute atomic E-state index is 9.94. The van der Waals surface area contributed by atoms with Gasteiger partial charge in [-0.25, -0.2) is 4.99 Å². The fourth-order valence-corrected chi connectivity index (χ4v) is 2.73. The number of phenols is 1. The van der Waals surface area contributed by atoms with Crippen molar-refractivity contribution in [2.75, 3.05) is 0 Å². The zero-order valence-electron chi connectivity index (χ0n) is 9.37. The van der Waals surface area contributed by atoms with Crippen LogP contribution in [0.4, 0.5) is 5.69 Å². The second-order valence-electron chi connectivity index (χ2n) is 3.66. The Labute approximate surface area is 137 Å². The Morgan fingerprint density at radius 1 is 1.11 bits per heavy atom. The molecule has 0 saturated carbocycles. The fourth-order valence-electron chi connectivity index (χ4n) is 1.41. The predicted octanol–water partition coefficient (Wildman–Crippen LogP) is 5.89. The highest BCUT2D eigenvalue weighted by atomic mass is 79.9. The zero-order valence-corrected chi connectivity index (χ0v) is 14.1. The third-order valence-electron chi connectivity index (χ3n) is 2.30. The molecule has 1 N–H and O–H groups in total. The lowest BCUT2D eigenvalue weighted by Crippen LogP contribution is -1.92. The molecule has 0 spiro atoms. The standard InChI is InChI=1S/C13H7Br2Cl2NO/c14-7-1-3-9(4-2-7)18-13(17)10-5-8(16)6-11(15)12(10)19/h1-6,19H. The highest BCUT2D eigenvalue weighted by Gasteiger charge is 2.11. The SMILES string of the molecule is Oc1c(Br)cc(Cl)cc1C(Cl)=Nc1ccc(Br)cc1. The highest BCUT2D eigenvalue weighted by Crippen LogP contribution is 2.33. The summed E-state index contributed by atoms with van der Waals surface area (Å²) in [5, 5.41) is 10.6. The number of rotatable bonds is 2. The molecule has 0 aromatic heterocycles. The summed E-state index contributed by atoms with van der Waals surface area (Å²) in [6.45, 7) is 0. The minimum absolute atomic E-state index is 0.00950. The normalized spacial score (nSPS) is 11.7. The molecule has 0 bridgehead atoms. The van der Waals surface area contributed by atoms with Crippen molar-refractivity contribution in [1.82, 2.24) is 0 Å². The van der Waals surface area contributed by atoms with E-state index in [0.29, 0.717) is 20.7 Å². The van der Waals surface area contributed by atoms with Crippen LogP contribution in [0.25, 0.3) is 0 Å². The molecule has 0 aliphatic rings. The number of phenolic OH excluding ortho intramolecular Hbond substituents is 1. The van der Waals surface area contributed by atoms with Crippen LogP contribution in [0.15, 0.2) is 50.3 Å². The van der Waals surface area contributed by atoms with Gasteiger partial charge in [0.05, 0.1) is 15.7 Å². The van der Waals surface area contributed by atoms with Gasteiger partial charge in [-0.3, -0.25) is 0 Å². The molecule has 2 rings (SSSR count). The first-order valence-corrected chi connectivity index (χ1v) is 7.49. The molecule has 0 saturated heterocycles. The molecule has 6 heteroatoms. The Kier molecular flexibility index (Phi) is 4.90. The van der Waals surface area contributed by atoms with E-state index in [-0.39, 0.29) is 10.9 Å². The minimum atomic E-state index is 0.00950. The van der Waals surface area contributed by atoms with Crippen molar-refractivity contribution < 1.29 is 5.11 Å². The van der Waals surface area contributed by atoms with Crippen molar-refractivity contribution in [3.8, 4) is 5.75 Å². The van der Waals surface area contributed by atoms with Crippen molar-refractivity contribution in [1.29, 1.82) is 0 Å². The van der Waals surface area contributed by atoms with Crippen LogP contribution in [0.1, 0.15) is 5.56 Å². The molecule has 0 aliphatic carbocycles. The van der Waals surface area contributed by atoms with Crippen LogP contribution in [0, 0.1) is 0 Å². The van der Waals surface area contributed by atoms with E-state index >= 15 is 0 Å². The molecule has 2 nitrogen and oxygen atoms in total. The smallest absolute Gasteiger partial charge is 0.140 e. The van der Waals surface area contributed by atoms with Gasteiger partial charge in [0, 0.05) is 9.50 Å². The minimum Gasteiger partial charge on any atom is -0.506 e. The van der Waals surface area contributed by atoms with Gasteiger partial charge in [0.1, 0.15) is 10.9 Å². The van der Waals surface area contributed by atoms with Crippen LogP contribution in [0.2, 0.25) is 5.02 Å². The van der Waals surface area contributed by atoms with Crippen LogP contribution in [0.3, 0.4) is 0 Å². The second kappa shape index (κ2) is 6.27. The third kappa shape index (κ3) is 3.72. The number of hydrogen-bond donors (Lipinski definition) is 1. The Bertz CT molecular complexity index is 642. The first kappa shape index (κ1) is 14.9. The van der Waals surface area contributed by atoms with E-state index < -0.39 is 0 Å². The summed E-state index contributed by atoms with van der Waals surface area (Å²) in [5.74, 6) is 0.00950. The molecule has 2 aromatic carbocycles. The average molecular weight is 424 g/mol. The molecule has 0 heterocycles. The van der Waals surface area contributed by atoms with E-state index in [2.05, 4.69) is 36.9 Å². The summed E-state index contributed by atoms with van der Waals surface area (Å²) in [6, 6.07) is 10.5. The van der Waals surface area contributed by atoms with Crippen molar-refractivity contribution in [3.63, 3.8) is 0 Å².